The molecule has 0 saturated carbocycles. The van der Waals surface area contributed by atoms with Gasteiger partial charge in [0.2, 0.25) is 5.91 Å². The number of nitrogens with one attached hydrogen (secondary N) is 2. The molecule has 33 heavy (non-hydrogen) atoms. The number of hydrogen-bond acceptors (Lipinski definition) is 6. The van der Waals surface area contributed by atoms with Crippen LogP contribution in [0.1, 0.15) is 22.3 Å². The Hall–Kier alpha value is -3.11. The third kappa shape index (κ3) is 6.02. The molecule has 2 aromatic carbocycles. The predicted octanol–water partition coefficient (Wildman–Crippen LogP) is 3.09. The lowest BCUT2D eigenvalue weighted by molar-refractivity contribution is -0.151. The number of hydrazine groups is 1. The number of nitrogens with zero attached hydrogens (tertiary/aromatic N) is 1. The quantitative estimate of drug-likeness (QED) is 0.524. The van der Waals surface area contributed by atoms with Crippen molar-refractivity contribution in [2.75, 3.05) is 25.6 Å². The Kier molecular flexibility index (Phi) is 7.93. The minimum Gasteiger partial charge on any atom is -0.496 e. The van der Waals surface area contributed by atoms with E-state index in [1.54, 1.807) is 43.3 Å². The minimum absolute atomic E-state index is 0.0679. The van der Waals surface area contributed by atoms with Gasteiger partial charge in [-0.1, -0.05) is 23.7 Å². The Labute approximate surface area is 203 Å². The van der Waals surface area contributed by atoms with Crippen molar-refractivity contribution in [1.82, 2.24) is 10.4 Å². The van der Waals surface area contributed by atoms with E-state index in [1.165, 1.54) is 7.11 Å². The van der Waals surface area contributed by atoms with Gasteiger partial charge in [-0.25, -0.2) is 0 Å². The lowest BCUT2D eigenvalue weighted by atomic mass is 10.1. The van der Waals surface area contributed by atoms with E-state index in [-0.39, 0.29) is 18.5 Å². The Bertz CT molecular complexity index is 1110. The molecule has 11 heteroatoms. The molecule has 3 rings (SSSR count). The molecule has 9 nitrogen and oxygen atoms in total. The van der Waals surface area contributed by atoms with Gasteiger partial charge in [-0.15, -0.1) is 0 Å². The van der Waals surface area contributed by atoms with Crippen LogP contribution in [0.4, 0.5) is 5.69 Å². The molecule has 174 valence electrons. The summed E-state index contributed by atoms with van der Waals surface area (Å²) in [5.41, 5.74) is 3.99. The van der Waals surface area contributed by atoms with Crippen molar-refractivity contribution in [3.05, 3.63) is 57.0 Å². The normalized spacial score (nSPS) is 15.2. The molecule has 1 atom stereocenters. The van der Waals surface area contributed by atoms with Gasteiger partial charge in [-0.2, -0.15) is 0 Å². The molecule has 2 N–H and O–H groups in total. The summed E-state index contributed by atoms with van der Waals surface area (Å²) in [6, 6.07) is 9.89. The molecule has 1 aliphatic rings. The second kappa shape index (κ2) is 10.7. The van der Waals surface area contributed by atoms with Gasteiger partial charge in [0.25, 0.3) is 11.8 Å². The SMILES string of the molecule is COc1ccccc1C(=O)NN1C[C@H](C(=O)OCC(=O)Nc2cc(Cl)c(Br)cc2C)CC1=O. The van der Waals surface area contributed by atoms with Gasteiger partial charge >= 0.3 is 5.97 Å². The fourth-order valence-electron chi connectivity index (χ4n) is 3.21. The van der Waals surface area contributed by atoms with E-state index in [0.717, 1.165) is 10.6 Å². The second-order valence-electron chi connectivity index (χ2n) is 7.28. The zero-order valence-electron chi connectivity index (χ0n) is 17.8. The molecule has 0 unspecified atom stereocenters. The lowest BCUT2D eigenvalue weighted by Gasteiger charge is -2.18. The molecule has 0 bridgehead atoms. The molecule has 0 aromatic heterocycles. The number of anilines is 1. The van der Waals surface area contributed by atoms with E-state index in [1.807, 2.05) is 0 Å². The number of rotatable bonds is 7. The summed E-state index contributed by atoms with van der Waals surface area (Å²) in [4.78, 5) is 49.3. The Morgan fingerprint density at radius 1 is 1.24 bits per heavy atom. The Morgan fingerprint density at radius 2 is 1.97 bits per heavy atom. The molecule has 2 aromatic rings. The first-order chi connectivity index (χ1) is 15.7. The van der Waals surface area contributed by atoms with Crippen LogP contribution in [-0.2, 0) is 19.1 Å². The third-order valence-corrected chi connectivity index (χ3v) is 6.13. The van der Waals surface area contributed by atoms with Crippen molar-refractivity contribution in [3.63, 3.8) is 0 Å². The maximum atomic E-state index is 12.5. The smallest absolute Gasteiger partial charge is 0.311 e. The van der Waals surface area contributed by atoms with Gasteiger partial charge in [-0.3, -0.25) is 29.6 Å². The summed E-state index contributed by atoms with van der Waals surface area (Å²) in [5.74, 6) is -2.70. The van der Waals surface area contributed by atoms with E-state index >= 15 is 0 Å². The van der Waals surface area contributed by atoms with Crippen molar-refractivity contribution >= 4 is 56.9 Å². The molecule has 0 aliphatic carbocycles. The molecule has 3 amide bonds. The van der Waals surface area contributed by atoms with E-state index < -0.39 is 36.2 Å². The van der Waals surface area contributed by atoms with E-state index in [2.05, 4.69) is 26.7 Å². The number of carbonyl (C=O) groups is 4. The second-order valence-corrected chi connectivity index (χ2v) is 8.55. The van der Waals surface area contributed by atoms with Gasteiger partial charge in [-0.05, 0) is 52.7 Å². The zero-order valence-corrected chi connectivity index (χ0v) is 20.2. The van der Waals surface area contributed by atoms with Gasteiger partial charge in [0.1, 0.15) is 5.75 Å². The number of para-hydroxylation sites is 1. The number of carbonyl (C=O) groups excluding carboxylic acids is 4. The maximum absolute atomic E-state index is 12.5. The van der Waals surface area contributed by atoms with Crippen LogP contribution in [0.2, 0.25) is 5.02 Å². The monoisotopic (exact) mass is 537 g/mol. The van der Waals surface area contributed by atoms with Crippen LogP contribution in [0.3, 0.4) is 0 Å². The van der Waals surface area contributed by atoms with Crippen LogP contribution in [0.5, 0.6) is 5.75 Å². The van der Waals surface area contributed by atoms with Crippen molar-refractivity contribution in [2.24, 2.45) is 5.92 Å². The van der Waals surface area contributed by atoms with Crippen LogP contribution in [0, 0.1) is 12.8 Å². The minimum atomic E-state index is -0.813. The van der Waals surface area contributed by atoms with E-state index in [0.29, 0.717) is 20.9 Å². The van der Waals surface area contributed by atoms with E-state index in [9.17, 15) is 19.2 Å². The van der Waals surface area contributed by atoms with Crippen LogP contribution in [-0.4, -0.2) is 49.0 Å². The summed E-state index contributed by atoms with van der Waals surface area (Å²) in [6.07, 6.45) is -0.145. The van der Waals surface area contributed by atoms with Crippen molar-refractivity contribution in [2.45, 2.75) is 13.3 Å². The number of methoxy groups -OCH3 is 1. The number of hydrogen-bond donors (Lipinski definition) is 2. The molecule has 0 spiro atoms. The van der Waals surface area contributed by atoms with Gasteiger partial charge in [0.05, 0.1) is 30.2 Å². The fourth-order valence-corrected chi connectivity index (χ4v) is 3.83. The summed E-state index contributed by atoms with van der Waals surface area (Å²) in [7, 11) is 1.43. The van der Waals surface area contributed by atoms with Crippen LogP contribution >= 0.6 is 27.5 Å². The van der Waals surface area contributed by atoms with Gasteiger partial charge in [0.15, 0.2) is 6.61 Å². The highest BCUT2D eigenvalue weighted by atomic mass is 79.9. The first-order valence-corrected chi connectivity index (χ1v) is 11.0. The summed E-state index contributed by atoms with van der Waals surface area (Å²) >= 11 is 9.35. The zero-order chi connectivity index (χ0) is 24.1. The third-order valence-electron chi connectivity index (χ3n) is 4.93. The number of halogens is 2. The summed E-state index contributed by atoms with van der Waals surface area (Å²) in [5, 5.41) is 4.12. The molecule has 0 radical (unpaired) electrons. The summed E-state index contributed by atoms with van der Waals surface area (Å²) in [6.45, 7) is 1.20. The number of amides is 3. The number of benzene rings is 2. The van der Waals surface area contributed by atoms with Crippen LogP contribution < -0.4 is 15.5 Å². The summed E-state index contributed by atoms with van der Waals surface area (Å²) < 4.78 is 10.9. The van der Waals surface area contributed by atoms with Gasteiger partial charge < -0.3 is 14.8 Å². The number of aryl methyl sites for hydroxylation is 1. The highest BCUT2D eigenvalue weighted by molar-refractivity contribution is 9.10. The van der Waals surface area contributed by atoms with Crippen LogP contribution in [0.15, 0.2) is 40.9 Å². The van der Waals surface area contributed by atoms with Crippen molar-refractivity contribution in [1.29, 1.82) is 0 Å². The average Bonchev–Trinajstić information content (AvgIpc) is 3.15. The molecule has 1 heterocycles. The number of ether oxygens (including phenoxy) is 2. The molecule has 1 saturated heterocycles. The lowest BCUT2D eigenvalue weighted by Crippen LogP contribution is -2.43. The first-order valence-electron chi connectivity index (χ1n) is 9.86. The maximum Gasteiger partial charge on any atom is 0.311 e. The standard InChI is InChI=1S/C22H21BrClN3O6/c1-12-7-15(23)16(24)9-17(12)25-19(28)11-33-22(31)13-8-20(29)27(10-13)26-21(30)14-5-3-4-6-18(14)32-2/h3-7,9,13H,8,10-11H2,1-2H3,(H,25,28)(H,26,30)/t13-/m1/s1. The number of esters is 1. The van der Waals surface area contributed by atoms with E-state index in [4.69, 9.17) is 21.1 Å². The predicted molar refractivity (Wildman–Crippen MR) is 124 cm³/mol. The van der Waals surface area contributed by atoms with Crippen molar-refractivity contribution in [3.8, 4) is 5.75 Å². The molecular weight excluding hydrogens is 518 g/mol. The van der Waals surface area contributed by atoms with Crippen LogP contribution in [0.25, 0.3) is 0 Å². The largest absolute Gasteiger partial charge is 0.496 e. The molecule has 1 fully saturated rings. The Morgan fingerprint density at radius 3 is 2.70 bits per heavy atom. The van der Waals surface area contributed by atoms with Crippen molar-refractivity contribution < 1.29 is 28.7 Å². The first kappa shape index (κ1) is 24.5. The fraction of sp³-hybridized carbons (Fsp3) is 0.273. The highest BCUT2D eigenvalue weighted by Crippen LogP contribution is 2.29. The highest BCUT2D eigenvalue weighted by Gasteiger charge is 2.37. The molecule has 1 aliphatic heterocycles. The topological polar surface area (TPSA) is 114 Å². The Balaban J connectivity index is 1.52. The average molecular weight is 539 g/mol. The molecular formula is C22H21BrClN3O6. The van der Waals surface area contributed by atoms with Gasteiger partial charge in [0, 0.05) is 16.6 Å².